The zero-order chi connectivity index (χ0) is 8.91. The maximum Gasteiger partial charge on any atom is 0.397 e. The SMILES string of the molecule is CCOS(=O)(=O)O.NC1CC1. The fourth-order valence-corrected chi connectivity index (χ4v) is 0.543. The van der Waals surface area contributed by atoms with E-state index in [1.54, 1.807) is 0 Å². The van der Waals surface area contributed by atoms with E-state index in [1.807, 2.05) is 0 Å². The summed E-state index contributed by atoms with van der Waals surface area (Å²) in [4.78, 5) is 0. The van der Waals surface area contributed by atoms with Crippen molar-refractivity contribution in [2.75, 3.05) is 6.61 Å². The molecule has 1 aliphatic rings. The van der Waals surface area contributed by atoms with Gasteiger partial charge in [0.25, 0.3) is 0 Å². The Labute approximate surface area is 66.5 Å². The van der Waals surface area contributed by atoms with E-state index in [0.29, 0.717) is 6.04 Å². The summed E-state index contributed by atoms with van der Waals surface area (Å²) in [6, 6.07) is 0.583. The van der Waals surface area contributed by atoms with Crippen LogP contribution in [-0.4, -0.2) is 25.6 Å². The lowest BCUT2D eigenvalue weighted by atomic mass is 10.8. The van der Waals surface area contributed by atoms with Crippen molar-refractivity contribution in [3.05, 3.63) is 0 Å². The molecular formula is C5H13NO4S. The molecule has 0 radical (unpaired) electrons. The van der Waals surface area contributed by atoms with Crippen LogP contribution in [-0.2, 0) is 14.6 Å². The van der Waals surface area contributed by atoms with Gasteiger partial charge >= 0.3 is 10.4 Å². The summed E-state index contributed by atoms with van der Waals surface area (Å²) in [6.07, 6.45) is 2.53. The summed E-state index contributed by atoms with van der Waals surface area (Å²) in [7, 11) is -4.17. The first-order valence-corrected chi connectivity index (χ1v) is 4.69. The summed E-state index contributed by atoms with van der Waals surface area (Å²) < 4.78 is 30.7. The maximum absolute atomic E-state index is 9.56. The van der Waals surface area contributed by atoms with Gasteiger partial charge in [0.05, 0.1) is 6.61 Å². The van der Waals surface area contributed by atoms with Gasteiger partial charge in [0.2, 0.25) is 0 Å². The summed E-state index contributed by atoms with van der Waals surface area (Å²) in [5.74, 6) is 0. The van der Waals surface area contributed by atoms with Gasteiger partial charge in [-0.15, -0.1) is 0 Å². The van der Waals surface area contributed by atoms with Crippen LogP contribution >= 0.6 is 0 Å². The molecule has 68 valence electrons. The van der Waals surface area contributed by atoms with E-state index in [4.69, 9.17) is 10.3 Å². The average molecular weight is 183 g/mol. The zero-order valence-electron chi connectivity index (χ0n) is 6.36. The van der Waals surface area contributed by atoms with Crippen molar-refractivity contribution >= 4 is 10.4 Å². The van der Waals surface area contributed by atoms with E-state index in [0.717, 1.165) is 0 Å². The first kappa shape index (κ1) is 10.8. The summed E-state index contributed by atoms with van der Waals surface area (Å²) in [5, 5.41) is 0. The highest BCUT2D eigenvalue weighted by Gasteiger charge is 2.13. The van der Waals surface area contributed by atoms with Crippen LogP contribution in [0, 0.1) is 0 Å². The van der Waals surface area contributed by atoms with Crippen LogP contribution in [0.5, 0.6) is 0 Å². The van der Waals surface area contributed by atoms with Crippen LogP contribution in [0.1, 0.15) is 19.8 Å². The number of nitrogens with two attached hydrogens (primary N) is 1. The van der Waals surface area contributed by atoms with Gasteiger partial charge in [0.1, 0.15) is 0 Å². The molecular weight excluding hydrogens is 170 g/mol. The van der Waals surface area contributed by atoms with Gasteiger partial charge in [-0.2, -0.15) is 8.42 Å². The number of hydrogen-bond donors (Lipinski definition) is 2. The third kappa shape index (κ3) is 12.9. The summed E-state index contributed by atoms with van der Waals surface area (Å²) in [5.41, 5.74) is 5.22. The molecule has 6 heteroatoms. The molecule has 0 amide bonds. The minimum absolute atomic E-state index is 0.0289. The van der Waals surface area contributed by atoms with Crippen LogP contribution in [0.3, 0.4) is 0 Å². The van der Waals surface area contributed by atoms with E-state index >= 15 is 0 Å². The van der Waals surface area contributed by atoms with Crippen molar-refractivity contribution < 1.29 is 17.2 Å². The van der Waals surface area contributed by atoms with E-state index < -0.39 is 10.4 Å². The summed E-state index contributed by atoms with van der Waals surface area (Å²) >= 11 is 0. The Kier molecular flexibility index (Phi) is 4.58. The molecule has 0 spiro atoms. The standard InChI is InChI=1S/C3H7N.C2H6O4S/c4-3-1-2-3;1-2-6-7(3,4)5/h3H,1-2,4H2;2H2,1H3,(H,3,4,5). The first-order valence-electron chi connectivity index (χ1n) is 3.33. The van der Waals surface area contributed by atoms with Crippen molar-refractivity contribution in [1.29, 1.82) is 0 Å². The molecule has 0 aromatic heterocycles. The Morgan fingerprint density at radius 3 is 2.00 bits per heavy atom. The Morgan fingerprint density at radius 2 is 2.00 bits per heavy atom. The lowest BCUT2D eigenvalue weighted by molar-refractivity contribution is 0.283. The Hall–Kier alpha value is -0.170. The highest BCUT2D eigenvalue weighted by atomic mass is 32.3. The minimum atomic E-state index is -4.17. The molecule has 1 fully saturated rings. The van der Waals surface area contributed by atoms with Gasteiger partial charge in [-0.05, 0) is 19.8 Å². The van der Waals surface area contributed by atoms with Gasteiger partial charge < -0.3 is 5.73 Å². The van der Waals surface area contributed by atoms with Crippen LogP contribution in [0.2, 0.25) is 0 Å². The average Bonchev–Trinajstić information content (AvgIpc) is 2.48. The van der Waals surface area contributed by atoms with Gasteiger partial charge in [0.15, 0.2) is 0 Å². The second kappa shape index (κ2) is 4.66. The Morgan fingerprint density at radius 1 is 1.64 bits per heavy atom. The van der Waals surface area contributed by atoms with Crippen LogP contribution in [0.15, 0.2) is 0 Å². The van der Waals surface area contributed by atoms with Crippen LogP contribution in [0.25, 0.3) is 0 Å². The van der Waals surface area contributed by atoms with Crippen molar-refractivity contribution in [3.63, 3.8) is 0 Å². The molecule has 11 heavy (non-hydrogen) atoms. The van der Waals surface area contributed by atoms with Crippen molar-refractivity contribution in [3.8, 4) is 0 Å². The molecule has 0 saturated heterocycles. The third-order valence-electron chi connectivity index (χ3n) is 0.889. The molecule has 0 aromatic rings. The monoisotopic (exact) mass is 183 g/mol. The molecule has 1 rings (SSSR count). The molecule has 0 aromatic carbocycles. The molecule has 1 saturated carbocycles. The predicted molar refractivity (Wildman–Crippen MR) is 40.4 cm³/mol. The molecule has 0 unspecified atom stereocenters. The van der Waals surface area contributed by atoms with Crippen molar-refractivity contribution in [2.45, 2.75) is 25.8 Å². The van der Waals surface area contributed by atoms with Gasteiger partial charge in [-0.25, -0.2) is 4.18 Å². The summed E-state index contributed by atoms with van der Waals surface area (Å²) in [6.45, 7) is 1.44. The minimum Gasteiger partial charge on any atom is -0.328 e. The molecule has 1 aliphatic carbocycles. The van der Waals surface area contributed by atoms with E-state index in [9.17, 15) is 8.42 Å². The highest BCUT2D eigenvalue weighted by molar-refractivity contribution is 7.80. The fraction of sp³-hybridized carbons (Fsp3) is 1.00. The second-order valence-electron chi connectivity index (χ2n) is 2.17. The smallest absolute Gasteiger partial charge is 0.328 e. The number of hydrogen-bond acceptors (Lipinski definition) is 4. The molecule has 0 heterocycles. The maximum atomic E-state index is 9.56. The van der Waals surface area contributed by atoms with Crippen LogP contribution < -0.4 is 5.73 Å². The number of rotatable bonds is 2. The van der Waals surface area contributed by atoms with E-state index in [2.05, 4.69) is 4.18 Å². The molecule has 5 nitrogen and oxygen atoms in total. The van der Waals surface area contributed by atoms with Crippen molar-refractivity contribution in [2.24, 2.45) is 5.73 Å². The van der Waals surface area contributed by atoms with Gasteiger partial charge in [-0.1, -0.05) is 0 Å². The topological polar surface area (TPSA) is 89.6 Å². The van der Waals surface area contributed by atoms with E-state index in [-0.39, 0.29) is 6.61 Å². The quantitative estimate of drug-likeness (QED) is 0.585. The lowest BCUT2D eigenvalue weighted by Gasteiger charge is -1.88. The molecule has 0 aliphatic heterocycles. The first-order chi connectivity index (χ1) is 4.95. The predicted octanol–water partition coefficient (Wildman–Crippen LogP) is -0.0668. The van der Waals surface area contributed by atoms with E-state index in [1.165, 1.54) is 19.8 Å². The van der Waals surface area contributed by atoms with Crippen molar-refractivity contribution in [1.82, 2.24) is 0 Å². The Balaban J connectivity index is 0.000000207. The Bertz CT molecular complexity index is 185. The normalized spacial score (nSPS) is 17.0. The molecule has 0 atom stereocenters. The largest absolute Gasteiger partial charge is 0.397 e. The molecule has 0 bridgehead atoms. The van der Waals surface area contributed by atoms with Crippen LogP contribution in [0.4, 0.5) is 0 Å². The lowest BCUT2D eigenvalue weighted by Crippen LogP contribution is -2.01. The zero-order valence-corrected chi connectivity index (χ0v) is 7.17. The fourth-order valence-electron chi connectivity index (χ4n) is 0.245. The van der Waals surface area contributed by atoms with Gasteiger partial charge in [-0.3, -0.25) is 4.55 Å². The highest BCUT2D eigenvalue weighted by Crippen LogP contribution is 2.13. The van der Waals surface area contributed by atoms with Gasteiger partial charge in [0, 0.05) is 6.04 Å². The third-order valence-corrected chi connectivity index (χ3v) is 1.42. The second-order valence-corrected chi connectivity index (χ2v) is 3.26. The molecule has 3 N–H and O–H groups in total.